The van der Waals surface area contributed by atoms with Gasteiger partial charge in [0.2, 0.25) is 0 Å². The summed E-state index contributed by atoms with van der Waals surface area (Å²) in [4.78, 5) is 20.9. The lowest BCUT2D eigenvalue weighted by molar-refractivity contribution is 0.0946. The maximum Gasteiger partial charge on any atom is 0.270 e. The number of nitrogens with one attached hydrogen (secondary N) is 2. The first kappa shape index (κ1) is 20.3. The normalized spacial score (nSPS) is 11.0. The zero-order valence-electron chi connectivity index (χ0n) is 17.2. The smallest absolute Gasteiger partial charge is 0.270 e. The summed E-state index contributed by atoms with van der Waals surface area (Å²) in [7, 11) is 1.62. The molecule has 0 aliphatic rings. The number of aromatic nitrogens is 2. The van der Waals surface area contributed by atoms with Crippen LogP contribution in [0.15, 0.2) is 60.9 Å². The van der Waals surface area contributed by atoms with Crippen LogP contribution in [0.2, 0.25) is 0 Å². The second-order valence-corrected chi connectivity index (χ2v) is 7.74. The molecule has 2 aromatic carbocycles. The van der Waals surface area contributed by atoms with Crippen LogP contribution in [-0.2, 0) is 12.0 Å². The van der Waals surface area contributed by atoms with Gasteiger partial charge in [0, 0.05) is 18.3 Å². The third-order valence-electron chi connectivity index (χ3n) is 4.51. The summed E-state index contributed by atoms with van der Waals surface area (Å²) in [5, 5.41) is 6.20. The molecule has 0 fully saturated rings. The van der Waals surface area contributed by atoms with Crippen molar-refractivity contribution in [1.29, 1.82) is 0 Å². The number of carbonyl (C=O) groups is 1. The van der Waals surface area contributed by atoms with Gasteiger partial charge in [0.15, 0.2) is 0 Å². The summed E-state index contributed by atoms with van der Waals surface area (Å²) in [6.07, 6.45) is 1.39. The highest BCUT2D eigenvalue weighted by Gasteiger charge is 2.18. The molecule has 29 heavy (non-hydrogen) atoms. The van der Waals surface area contributed by atoms with Gasteiger partial charge < -0.3 is 15.4 Å². The monoisotopic (exact) mass is 390 g/mol. The molecule has 0 spiro atoms. The predicted octanol–water partition coefficient (Wildman–Crippen LogP) is 4.46. The van der Waals surface area contributed by atoms with E-state index < -0.39 is 0 Å². The van der Waals surface area contributed by atoms with Crippen LogP contribution in [-0.4, -0.2) is 23.0 Å². The van der Waals surface area contributed by atoms with Gasteiger partial charge in [0.1, 0.15) is 23.6 Å². The summed E-state index contributed by atoms with van der Waals surface area (Å²) in [6.45, 7) is 6.88. The van der Waals surface area contributed by atoms with Crippen molar-refractivity contribution in [1.82, 2.24) is 15.3 Å². The van der Waals surface area contributed by atoms with Crippen molar-refractivity contribution in [3.63, 3.8) is 0 Å². The zero-order chi connectivity index (χ0) is 20.9. The van der Waals surface area contributed by atoms with E-state index in [1.54, 1.807) is 13.2 Å². The first-order valence-corrected chi connectivity index (χ1v) is 9.46. The Morgan fingerprint density at radius 2 is 1.76 bits per heavy atom. The number of nitrogens with zero attached hydrogens (tertiary/aromatic N) is 2. The van der Waals surface area contributed by atoms with Crippen molar-refractivity contribution in [3.8, 4) is 5.75 Å². The quantitative estimate of drug-likeness (QED) is 0.650. The van der Waals surface area contributed by atoms with Gasteiger partial charge in [-0.1, -0.05) is 51.1 Å². The van der Waals surface area contributed by atoms with Crippen LogP contribution in [0.1, 0.15) is 42.4 Å². The minimum atomic E-state index is -0.254. The lowest BCUT2D eigenvalue weighted by Crippen LogP contribution is -2.24. The molecular formula is C23H26N4O2. The first-order valence-electron chi connectivity index (χ1n) is 9.46. The van der Waals surface area contributed by atoms with E-state index >= 15 is 0 Å². The molecule has 0 radical (unpaired) electrons. The minimum absolute atomic E-state index is 0.0187. The second-order valence-electron chi connectivity index (χ2n) is 7.74. The molecule has 0 aliphatic heterocycles. The molecule has 3 aromatic rings. The largest absolute Gasteiger partial charge is 0.497 e. The van der Waals surface area contributed by atoms with Crippen LogP contribution in [0.25, 0.3) is 0 Å². The Bertz CT molecular complexity index is 979. The van der Waals surface area contributed by atoms with E-state index in [4.69, 9.17) is 4.74 Å². The molecule has 2 N–H and O–H groups in total. The first-order chi connectivity index (χ1) is 13.9. The van der Waals surface area contributed by atoms with Gasteiger partial charge in [0.05, 0.1) is 7.11 Å². The number of benzene rings is 2. The van der Waals surface area contributed by atoms with Crippen molar-refractivity contribution in [2.75, 3.05) is 12.4 Å². The van der Waals surface area contributed by atoms with Gasteiger partial charge in [0.25, 0.3) is 5.91 Å². The van der Waals surface area contributed by atoms with Crippen LogP contribution in [0.4, 0.5) is 11.5 Å². The maximum absolute atomic E-state index is 12.5. The highest BCUT2D eigenvalue weighted by molar-refractivity contribution is 5.93. The van der Waals surface area contributed by atoms with E-state index in [9.17, 15) is 4.79 Å². The number of ether oxygens (including phenoxy) is 1. The average Bonchev–Trinajstić information content (AvgIpc) is 2.72. The van der Waals surface area contributed by atoms with E-state index in [1.165, 1.54) is 11.9 Å². The summed E-state index contributed by atoms with van der Waals surface area (Å²) >= 11 is 0. The molecule has 0 saturated heterocycles. The fraction of sp³-hybridized carbons (Fsp3) is 0.261. The third kappa shape index (κ3) is 5.31. The molecule has 0 aliphatic carbocycles. The van der Waals surface area contributed by atoms with Crippen LogP contribution in [0.5, 0.6) is 5.75 Å². The van der Waals surface area contributed by atoms with Crippen molar-refractivity contribution < 1.29 is 9.53 Å². The van der Waals surface area contributed by atoms with E-state index in [0.29, 0.717) is 18.1 Å². The van der Waals surface area contributed by atoms with Crippen molar-refractivity contribution >= 4 is 17.4 Å². The summed E-state index contributed by atoms with van der Waals surface area (Å²) < 4.78 is 5.14. The number of anilines is 2. The molecule has 0 unspecified atom stereocenters. The topological polar surface area (TPSA) is 76.1 Å². The summed E-state index contributed by atoms with van der Waals surface area (Å²) in [5.74, 6) is 1.10. The zero-order valence-corrected chi connectivity index (χ0v) is 17.2. The molecule has 6 nitrogen and oxygen atoms in total. The van der Waals surface area contributed by atoms with Crippen LogP contribution < -0.4 is 15.4 Å². The molecule has 1 aromatic heterocycles. The Balaban J connectivity index is 1.70. The van der Waals surface area contributed by atoms with E-state index in [0.717, 1.165) is 17.0 Å². The number of para-hydroxylation sites is 1. The van der Waals surface area contributed by atoms with E-state index in [2.05, 4.69) is 47.4 Å². The van der Waals surface area contributed by atoms with Crippen molar-refractivity contribution in [2.24, 2.45) is 0 Å². The summed E-state index contributed by atoms with van der Waals surface area (Å²) in [5.41, 5.74) is 3.40. The van der Waals surface area contributed by atoms with Gasteiger partial charge in [-0.2, -0.15) is 0 Å². The molecule has 1 heterocycles. The Morgan fingerprint density at radius 1 is 1.03 bits per heavy atom. The van der Waals surface area contributed by atoms with Crippen molar-refractivity contribution in [2.45, 2.75) is 32.7 Å². The lowest BCUT2D eigenvalue weighted by atomic mass is 9.86. The minimum Gasteiger partial charge on any atom is -0.497 e. The predicted molar refractivity (Wildman–Crippen MR) is 115 cm³/mol. The SMILES string of the molecule is COc1ccc(CNC(=O)c2cc(Nc3ccccc3C(C)(C)C)ncn2)cc1. The fourth-order valence-corrected chi connectivity index (χ4v) is 2.95. The Kier molecular flexibility index (Phi) is 6.12. The van der Waals surface area contributed by atoms with Gasteiger partial charge in [-0.3, -0.25) is 4.79 Å². The van der Waals surface area contributed by atoms with Gasteiger partial charge >= 0.3 is 0 Å². The highest BCUT2D eigenvalue weighted by Crippen LogP contribution is 2.30. The van der Waals surface area contributed by atoms with E-state index in [-0.39, 0.29) is 11.3 Å². The Labute approximate surface area is 171 Å². The Morgan fingerprint density at radius 3 is 2.45 bits per heavy atom. The second kappa shape index (κ2) is 8.73. The molecule has 3 rings (SSSR count). The number of rotatable bonds is 6. The number of hydrogen-bond acceptors (Lipinski definition) is 5. The molecule has 150 valence electrons. The highest BCUT2D eigenvalue weighted by atomic mass is 16.5. The average molecular weight is 390 g/mol. The van der Waals surface area contributed by atoms with Crippen LogP contribution in [0.3, 0.4) is 0 Å². The van der Waals surface area contributed by atoms with Crippen molar-refractivity contribution in [3.05, 3.63) is 77.7 Å². The number of carbonyl (C=O) groups excluding carboxylic acids is 1. The van der Waals surface area contributed by atoms with Gasteiger partial charge in [-0.25, -0.2) is 9.97 Å². The molecule has 0 saturated carbocycles. The summed E-state index contributed by atoms with van der Waals surface area (Å²) in [6, 6.07) is 17.3. The van der Waals surface area contributed by atoms with E-state index in [1.807, 2.05) is 42.5 Å². The molecule has 0 atom stereocenters. The molecule has 0 bridgehead atoms. The number of hydrogen-bond donors (Lipinski definition) is 2. The molecular weight excluding hydrogens is 364 g/mol. The standard InChI is InChI=1S/C23H26N4O2/c1-23(2,3)18-7-5-6-8-19(18)27-21-13-20(25-15-26-21)22(28)24-14-16-9-11-17(29-4)12-10-16/h5-13,15H,14H2,1-4H3,(H,24,28)(H,25,26,27). The van der Waals surface area contributed by atoms with Crippen LogP contribution >= 0.6 is 0 Å². The van der Waals surface area contributed by atoms with Gasteiger partial charge in [-0.15, -0.1) is 0 Å². The maximum atomic E-state index is 12.5. The molecule has 1 amide bonds. The van der Waals surface area contributed by atoms with Crippen LogP contribution in [0, 0.1) is 0 Å². The third-order valence-corrected chi connectivity index (χ3v) is 4.51. The fourth-order valence-electron chi connectivity index (χ4n) is 2.95. The lowest BCUT2D eigenvalue weighted by Gasteiger charge is -2.23. The van der Waals surface area contributed by atoms with Gasteiger partial charge in [-0.05, 0) is 34.7 Å². The number of methoxy groups -OCH3 is 1. The molecule has 6 heteroatoms. The Hall–Kier alpha value is -3.41. The number of amides is 1.